The summed E-state index contributed by atoms with van der Waals surface area (Å²) in [5.74, 6) is 1.49. The molecule has 0 radical (unpaired) electrons. The van der Waals surface area contributed by atoms with E-state index in [1.807, 2.05) is 12.1 Å². The fourth-order valence-corrected chi connectivity index (χ4v) is 4.84. The maximum absolute atomic E-state index is 12.2. The SMILES string of the molecule is O=S(=O)(CC1CCC1)NC[C@H](c1ccco1)N1CCCCC1. The van der Waals surface area contributed by atoms with E-state index < -0.39 is 10.0 Å². The number of hydrogen-bond donors (Lipinski definition) is 1. The Hall–Kier alpha value is -0.850. The number of sulfonamides is 1. The van der Waals surface area contributed by atoms with Crippen molar-refractivity contribution in [3.05, 3.63) is 24.2 Å². The van der Waals surface area contributed by atoms with Crippen molar-refractivity contribution in [1.82, 2.24) is 9.62 Å². The molecule has 1 N–H and O–H groups in total. The lowest BCUT2D eigenvalue weighted by atomic mass is 9.87. The molecular formula is C16H26N2O3S. The summed E-state index contributed by atoms with van der Waals surface area (Å²) in [6.45, 7) is 2.42. The van der Waals surface area contributed by atoms with Gasteiger partial charge in [-0.2, -0.15) is 0 Å². The highest BCUT2D eigenvalue weighted by atomic mass is 32.2. The Morgan fingerprint density at radius 2 is 2.00 bits per heavy atom. The molecule has 0 spiro atoms. The lowest BCUT2D eigenvalue weighted by molar-refractivity contribution is 0.147. The molecular weight excluding hydrogens is 300 g/mol. The first-order valence-electron chi connectivity index (χ1n) is 8.39. The minimum absolute atomic E-state index is 0.00599. The normalized spacial score (nSPS) is 22.4. The number of hydrogen-bond acceptors (Lipinski definition) is 4. The molecule has 6 heteroatoms. The first-order chi connectivity index (χ1) is 10.6. The van der Waals surface area contributed by atoms with Gasteiger partial charge in [-0.3, -0.25) is 4.90 Å². The van der Waals surface area contributed by atoms with E-state index in [1.54, 1.807) is 6.26 Å². The zero-order valence-electron chi connectivity index (χ0n) is 13.0. The summed E-state index contributed by atoms with van der Waals surface area (Å²) >= 11 is 0. The van der Waals surface area contributed by atoms with E-state index in [0.717, 1.165) is 31.7 Å². The predicted octanol–water partition coefficient (Wildman–Crippen LogP) is 2.53. The highest BCUT2D eigenvalue weighted by molar-refractivity contribution is 7.89. The molecule has 0 bridgehead atoms. The van der Waals surface area contributed by atoms with Crippen LogP contribution in [0.15, 0.2) is 22.8 Å². The van der Waals surface area contributed by atoms with E-state index in [1.165, 1.54) is 25.7 Å². The first kappa shape index (κ1) is 16.0. The van der Waals surface area contributed by atoms with Crippen molar-refractivity contribution < 1.29 is 12.8 Å². The third-order valence-corrected chi connectivity index (χ3v) is 6.40. The van der Waals surface area contributed by atoms with Gasteiger partial charge in [0.05, 0.1) is 18.1 Å². The van der Waals surface area contributed by atoms with Crippen LogP contribution >= 0.6 is 0 Å². The Morgan fingerprint density at radius 3 is 2.59 bits per heavy atom. The molecule has 2 heterocycles. The van der Waals surface area contributed by atoms with Crippen LogP contribution in [0.25, 0.3) is 0 Å². The molecule has 22 heavy (non-hydrogen) atoms. The molecule has 0 unspecified atom stereocenters. The highest BCUT2D eigenvalue weighted by Crippen LogP contribution is 2.28. The lowest BCUT2D eigenvalue weighted by Gasteiger charge is -2.33. The van der Waals surface area contributed by atoms with Gasteiger partial charge >= 0.3 is 0 Å². The first-order valence-corrected chi connectivity index (χ1v) is 10.0. The molecule has 2 aliphatic rings. The summed E-state index contributed by atoms with van der Waals surface area (Å²) in [6, 6.07) is 3.82. The molecule has 1 saturated carbocycles. The van der Waals surface area contributed by atoms with Crippen LogP contribution in [0.3, 0.4) is 0 Å². The molecule has 124 valence electrons. The summed E-state index contributed by atoms with van der Waals surface area (Å²) in [6.07, 6.45) is 8.54. The van der Waals surface area contributed by atoms with Crippen LogP contribution in [-0.2, 0) is 10.0 Å². The topological polar surface area (TPSA) is 62.6 Å². The minimum atomic E-state index is -3.18. The van der Waals surface area contributed by atoms with E-state index in [0.29, 0.717) is 12.5 Å². The van der Waals surface area contributed by atoms with E-state index in [2.05, 4.69) is 9.62 Å². The summed E-state index contributed by atoms with van der Waals surface area (Å²) < 4.78 is 32.8. The summed E-state index contributed by atoms with van der Waals surface area (Å²) in [4.78, 5) is 2.34. The molecule has 3 rings (SSSR count). The van der Waals surface area contributed by atoms with Gasteiger partial charge in [0.2, 0.25) is 10.0 Å². The van der Waals surface area contributed by atoms with Crippen LogP contribution < -0.4 is 4.72 Å². The van der Waals surface area contributed by atoms with Crippen molar-refractivity contribution in [2.75, 3.05) is 25.4 Å². The molecule has 1 aliphatic carbocycles. The van der Waals surface area contributed by atoms with Crippen molar-refractivity contribution in [2.45, 2.75) is 44.6 Å². The van der Waals surface area contributed by atoms with Crippen molar-refractivity contribution in [3.63, 3.8) is 0 Å². The monoisotopic (exact) mass is 326 g/mol. The second kappa shape index (κ2) is 7.15. The third kappa shape index (κ3) is 4.12. The molecule has 2 fully saturated rings. The standard InChI is InChI=1S/C16H26N2O3S/c19-22(20,13-14-6-4-7-14)17-12-15(16-8-5-11-21-16)18-9-2-1-3-10-18/h5,8,11,14-15,17H,1-4,6-7,9-10,12-13H2/t15-/m1/s1. The van der Waals surface area contributed by atoms with Gasteiger partial charge in [-0.05, 0) is 56.8 Å². The van der Waals surface area contributed by atoms with Crippen LogP contribution in [0, 0.1) is 5.92 Å². The second-order valence-corrected chi connectivity index (χ2v) is 8.41. The van der Waals surface area contributed by atoms with Gasteiger partial charge in [0.15, 0.2) is 0 Å². The fourth-order valence-electron chi connectivity index (χ4n) is 3.36. The molecule has 1 aromatic rings. The Morgan fingerprint density at radius 1 is 1.23 bits per heavy atom. The van der Waals surface area contributed by atoms with Crippen LogP contribution in [0.4, 0.5) is 0 Å². The molecule has 1 saturated heterocycles. The van der Waals surface area contributed by atoms with Gasteiger partial charge in [-0.25, -0.2) is 13.1 Å². The average molecular weight is 326 g/mol. The Balaban J connectivity index is 1.62. The van der Waals surface area contributed by atoms with Gasteiger partial charge in [-0.15, -0.1) is 0 Å². The average Bonchev–Trinajstić information content (AvgIpc) is 2.99. The molecule has 1 atom stereocenters. The number of rotatable bonds is 7. The number of likely N-dealkylation sites (tertiary alicyclic amines) is 1. The highest BCUT2D eigenvalue weighted by Gasteiger charge is 2.28. The van der Waals surface area contributed by atoms with Crippen molar-refractivity contribution >= 4 is 10.0 Å². The Bertz CT molecular complexity index is 546. The smallest absolute Gasteiger partial charge is 0.211 e. The maximum atomic E-state index is 12.2. The number of furan rings is 1. The maximum Gasteiger partial charge on any atom is 0.211 e. The minimum Gasteiger partial charge on any atom is -0.468 e. The molecule has 5 nitrogen and oxygen atoms in total. The summed E-state index contributed by atoms with van der Waals surface area (Å²) in [5, 5.41) is 0. The van der Waals surface area contributed by atoms with Crippen LogP contribution in [-0.4, -0.2) is 38.7 Å². The molecule has 0 aromatic carbocycles. The van der Waals surface area contributed by atoms with E-state index in [9.17, 15) is 8.42 Å². The van der Waals surface area contributed by atoms with Gasteiger partial charge < -0.3 is 4.42 Å². The number of nitrogens with one attached hydrogen (secondary N) is 1. The summed E-state index contributed by atoms with van der Waals surface area (Å²) in [5.41, 5.74) is 0. The van der Waals surface area contributed by atoms with Crippen molar-refractivity contribution in [1.29, 1.82) is 0 Å². The molecule has 0 amide bonds. The molecule has 1 aliphatic heterocycles. The van der Waals surface area contributed by atoms with Crippen LogP contribution in [0.1, 0.15) is 50.3 Å². The quantitative estimate of drug-likeness (QED) is 0.836. The zero-order valence-corrected chi connectivity index (χ0v) is 13.9. The van der Waals surface area contributed by atoms with Crippen LogP contribution in [0.5, 0.6) is 0 Å². The number of piperidine rings is 1. The largest absolute Gasteiger partial charge is 0.468 e. The van der Waals surface area contributed by atoms with Crippen molar-refractivity contribution in [3.8, 4) is 0 Å². The molecule has 1 aromatic heterocycles. The van der Waals surface area contributed by atoms with Gasteiger partial charge in [0.25, 0.3) is 0 Å². The second-order valence-electron chi connectivity index (χ2n) is 6.55. The number of nitrogens with zero attached hydrogens (tertiary/aromatic N) is 1. The van der Waals surface area contributed by atoms with E-state index >= 15 is 0 Å². The van der Waals surface area contributed by atoms with E-state index in [4.69, 9.17) is 4.42 Å². The predicted molar refractivity (Wildman–Crippen MR) is 86.0 cm³/mol. The Labute approximate surface area is 133 Å². The zero-order chi connectivity index (χ0) is 15.4. The van der Waals surface area contributed by atoms with Gasteiger partial charge in [-0.1, -0.05) is 12.8 Å². The van der Waals surface area contributed by atoms with E-state index in [-0.39, 0.29) is 11.8 Å². The summed E-state index contributed by atoms with van der Waals surface area (Å²) in [7, 11) is -3.18. The third-order valence-electron chi connectivity index (χ3n) is 4.88. The fraction of sp³-hybridized carbons (Fsp3) is 0.750. The van der Waals surface area contributed by atoms with Gasteiger partial charge in [0, 0.05) is 6.54 Å². The Kier molecular flexibility index (Phi) is 5.21. The van der Waals surface area contributed by atoms with Crippen LogP contribution in [0.2, 0.25) is 0 Å². The lowest BCUT2D eigenvalue weighted by Crippen LogP contribution is -2.42. The van der Waals surface area contributed by atoms with Gasteiger partial charge in [0.1, 0.15) is 5.76 Å². The van der Waals surface area contributed by atoms with Crippen molar-refractivity contribution in [2.24, 2.45) is 5.92 Å².